The molecule has 1 aliphatic rings. The molecule has 96 valence electrons. The maximum atomic E-state index is 11.1. The SMILES string of the molecule is CC(=O)OC1c2cccnc2OC1(C)OC(C)=O. The molecule has 18 heavy (non-hydrogen) atoms. The van der Waals surface area contributed by atoms with Crippen LogP contribution in [0, 0.1) is 0 Å². The number of hydrogen-bond acceptors (Lipinski definition) is 6. The lowest BCUT2D eigenvalue weighted by Gasteiger charge is -2.28. The van der Waals surface area contributed by atoms with Crippen LogP contribution in [0.1, 0.15) is 32.4 Å². The first kappa shape index (κ1) is 12.3. The molecule has 0 radical (unpaired) electrons. The number of rotatable bonds is 2. The quantitative estimate of drug-likeness (QED) is 0.739. The molecule has 0 N–H and O–H groups in total. The first-order valence-electron chi connectivity index (χ1n) is 5.43. The second-order valence-corrected chi connectivity index (χ2v) is 4.10. The predicted octanol–water partition coefficient (Wildman–Crippen LogP) is 1.36. The van der Waals surface area contributed by atoms with Crippen LogP contribution in [-0.2, 0) is 19.1 Å². The van der Waals surface area contributed by atoms with Gasteiger partial charge in [0.1, 0.15) is 0 Å². The van der Waals surface area contributed by atoms with Gasteiger partial charge in [0.15, 0.2) is 0 Å². The molecular weight excluding hydrogens is 238 g/mol. The molecule has 0 saturated carbocycles. The second kappa shape index (κ2) is 4.29. The lowest BCUT2D eigenvalue weighted by atomic mass is 10.1. The molecule has 1 aromatic rings. The van der Waals surface area contributed by atoms with E-state index in [9.17, 15) is 9.59 Å². The van der Waals surface area contributed by atoms with E-state index in [0.717, 1.165) is 0 Å². The first-order chi connectivity index (χ1) is 8.42. The number of carbonyl (C=O) groups excluding carboxylic acids is 2. The Morgan fingerprint density at radius 1 is 1.39 bits per heavy atom. The third-order valence-corrected chi connectivity index (χ3v) is 2.49. The van der Waals surface area contributed by atoms with Crippen LogP contribution in [0.15, 0.2) is 18.3 Å². The number of fused-ring (bicyclic) bond motifs is 1. The highest BCUT2D eigenvalue weighted by atomic mass is 16.7. The van der Waals surface area contributed by atoms with Gasteiger partial charge in [0.2, 0.25) is 12.0 Å². The summed E-state index contributed by atoms with van der Waals surface area (Å²) in [7, 11) is 0. The zero-order valence-electron chi connectivity index (χ0n) is 10.3. The summed E-state index contributed by atoms with van der Waals surface area (Å²) < 4.78 is 15.8. The summed E-state index contributed by atoms with van der Waals surface area (Å²) in [6, 6.07) is 3.41. The standard InChI is InChI=1S/C12H13NO5/c1-7(14)16-10-9-5-4-6-13-11(9)18-12(10,3)17-8(2)15/h4-6,10H,1-3H3. The average molecular weight is 251 g/mol. The monoisotopic (exact) mass is 251 g/mol. The number of aromatic nitrogens is 1. The van der Waals surface area contributed by atoms with Gasteiger partial charge in [0.25, 0.3) is 5.79 Å². The van der Waals surface area contributed by atoms with Crippen molar-refractivity contribution in [2.45, 2.75) is 32.7 Å². The minimum Gasteiger partial charge on any atom is -0.449 e. The van der Waals surface area contributed by atoms with E-state index in [2.05, 4.69) is 4.98 Å². The van der Waals surface area contributed by atoms with Crippen molar-refractivity contribution in [3.63, 3.8) is 0 Å². The van der Waals surface area contributed by atoms with Gasteiger partial charge in [-0.15, -0.1) is 0 Å². The van der Waals surface area contributed by atoms with Gasteiger partial charge in [-0.25, -0.2) is 4.98 Å². The van der Waals surface area contributed by atoms with E-state index >= 15 is 0 Å². The van der Waals surface area contributed by atoms with Crippen molar-refractivity contribution >= 4 is 11.9 Å². The van der Waals surface area contributed by atoms with Crippen molar-refractivity contribution in [1.82, 2.24) is 4.98 Å². The van der Waals surface area contributed by atoms with E-state index < -0.39 is 23.8 Å². The Kier molecular flexibility index (Phi) is 2.94. The first-order valence-corrected chi connectivity index (χ1v) is 5.43. The van der Waals surface area contributed by atoms with Gasteiger partial charge in [-0.1, -0.05) is 0 Å². The van der Waals surface area contributed by atoms with Crippen LogP contribution in [0.4, 0.5) is 0 Å². The van der Waals surface area contributed by atoms with E-state index in [1.54, 1.807) is 18.3 Å². The fourth-order valence-corrected chi connectivity index (χ4v) is 1.91. The Morgan fingerprint density at radius 3 is 2.72 bits per heavy atom. The summed E-state index contributed by atoms with van der Waals surface area (Å²) in [5, 5.41) is 0. The van der Waals surface area contributed by atoms with Crippen molar-refractivity contribution in [3.8, 4) is 5.88 Å². The number of esters is 2. The van der Waals surface area contributed by atoms with Gasteiger partial charge >= 0.3 is 11.9 Å². The molecule has 1 aliphatic heterocycles. The van der Waals surface area contributed by atoms with Gasteiger partial charge in [-0.3, -0.25) is 9.59 Å². The Bertz CT molecular complexity index is 501. The van der Waals surface area contributed by atoms with Crippen LogP contribution in [0.25, 0.3) is 0 Å². The lowest BCUT2D eigenvalue weighted by molar-refractivity contribution is -0.223. The zero-order valence-corrected chi connectivity index (χ0v) is 10.3. The molecule has 1 aromatic heterocycles. The van der Waals surface area contributed by atoms with Crippen molar-refractivity contribution < 1.29 is 23.8 Å². The van der Waals surface area contributed by atoms with Crippen molar-refractivity contribution in [2.75, 3.05) is 0 Å². The third-order valence-electron chi connectivity index (χ3n) is 2.49. The highest BCUT2D eigenvalue weighted by Crippen LogP contribution is 2.44. The molecule has 0 fully saturated rings. The molecule has 0 amide bonds. The van der Waals surface area contributed by atoms with Crippen molar-refractivity contribution in [2.24, 2.45) is 0 Å². The van der Waals surface area contributed by atoms with E-state index in [1.165, 1.54) is 20.8 Å². The Balaban J connectivity index is 2.38. The van der Waals surface area contributed by atoms with Crippen LogP contribution in [0.2, 0.25) is 0 Å². The highest BCUT2D eigenvalue weighted by Gasteiger charge is 2.51. The highest BCUT2D eigenvalue weighted by molar-refractivity contribution is 5.68. The molecule has 0 aromatic carbocycles. The molecule has 2 rings (SSSR count). The lowest BCUT2D eigenvalue weighted by Crippen LogP contribution is -2.41. The van der Waals surface area contributed by atoms with E-state index in [-0.39, 0.29) is 0 Å². The zero-order chi connectivity index (χ0) is 13.3. The molecule has 6 nitrogen and oxygen atoms in total. The fourth-order valence-electron chi connectivity index (χ4n) is 1.91. The molecule has 2 unspecified atom stereocenters. The average Bonchev–Trinajstić information content (AvgIpc) is 2.50. The predicted molar refractivity (Wildman–Crippen MR) is 59.5 cm³/mol. The van der Waals surface area contributed by atoms with Gasteiger partial charge in [0, 0.05) is 27.0 Å². The largest absolute Gasteiger partial charge is 0.449 e. The van der Waals surface area contributed by atoms with Gasteiger partial charge in [-0.2, -0.15) is 0 Å². The minimum atomic E-state index is -1.38. The Labute approximate surface area is 104 Å². The van der Waals surface area contributed by atoms with Crippen LogP contribution in [0.3, 0.4) is 0 Å². The molecule has 0 bridgehead atoms. The maximum Gasteiger partial charge on any atom is 0.306 e. The number of ether oxygens (including phenoxy) is 3. The van der Waals surface area contributed by atoms with Crippen molar-refractivity contribution in [3.05, 3.63) is 23.9 Å². The summed E-state index contributed by atoms with van der Waals surface area (Å²) >= 11 is 0. The van der Waals surface area contributed by atoms with Gasteiger partial charge < -0.3 is 14.2 Å². The van der Waals surface area contributed by atoms with E-state index in [1.807, 2.05) is 0 Å². The van der Waals surface area contributed by atoms with Crippen LogP contribution < -0.4 is 4.74 Å². The smallest absolute Gasteiger partial charge is 0.306 e. The summed E-state index contributed by atoms with van der Waals surface area (Å²) in [5.41, 5.74) is 0.580. The number of nitrogens with zero attached hydrogens (tertiary/aromatic N) is 1. The molecular formula is C12H13NO5. The van der Waals surface area contributed by atoms with Gasteiger partial charge in [0.05, 0.1) is 5.56 Å². The molecule has 2 heterocycles. The molecule has 0 saturated heterocycles. The normalized spacial score (nSPS) is 24.9. The van der Waals surface area contributed by atoms with Crippen molar-refractivity contribution in [1.29, 1.82) is 0 Å². The molecule has 2 atom stereocenters. The minimum absolute atomic E-state index is 0.299. The van der Waals surface area contributed by atoms with E-state index in [4.69, 9.17) is 14.2 Å². The molecule has 0 spiro atoms. The van der Waals surface area contributed by atoms with Gasteiger partial charge in [-0.05, 0) is 12.1 Å². The Morgan fingerprint density at radius 2 is 2.11 bits per heavy atom. The number of pyridine rings is 1. The summed E-state index contributed by atoms with van der Waals surface area (Å²) in [4.78, 5) is 26.3. The van der Waals surface area contributed by atoms with E-state index in [0.29, 0.717) is 11.4 Å². The fraction of sp³-hybridized carbons (Fsp3) is 0.417. The summed E-state index contributed by atoms with van der Waals surface area (Å²) in [6.07, 6.45) is 0.728. The number of carbonyl (C=O) groups is 2. The summed E-state index contributed by atoms with van der Waals surface area (Å²) in [6.45, 7) is 4.07. The van der Waals surface area contributed by atoms with Crippen LogP contribution >= 0.6 is 0 Å². The topological polar surface area (TPSA) is 74.7 Å². The molecule has 6 heteroatoms. The molecule has 0 aliphatic carbocycles. The third kappa shape index (κ3) is 2.13. The number of hydrogen-bond donors (Lipinski definition) is 0. The van der Waals surface area contributed by atoms with Crippen LogP contribution in [0.5, 0.6) is 5.88 Å². The maximum absolute atomic E-state index is 11.1. The summed E-state index contributed by atoms with van der Waals surface area (Å²) in [5.74, 6) is -2.09. The van der Waals surface area contributed by atoms with Crippen LogP contribution in [-0.4, -0.2) is 22.7 Å². The second-order valence-electron chi connectivity index (χ2n) is 4.10. The Hall–Kier alpha value is -2.11.